The number of amides is 1. The van der Waals surface area contributed by atoms with Crippen LogP contribution in [0, 0.1) is 5.82 Å². The Morgan fingerprint density at radius 1 is 1.23 bits per heavy atom. The zero-order valence-corrected chi connectivity index (χ0v) is 12.5. The van der Waals surface area contributed by atoms with Crippen molar-refractivity contribution in [1.82, 2.24) is 4.90 Å². The van der Waals surface area contributed by atoms with Gasteiger partial charge in [0.1, 0.15) is 11.6 Å². The summed E-state index contributed by atoms with van der Waals surface area (Å²) < 4.78 is 18.9. The molecule has 2 aromatic rings. The number of nitrogens with zero attached hydrogens (tertiary/aromatic N) is 1. The molecule has 0 aliphatic carbocycles. The van der Waals surface area contributed by atoms with Crippen LogP contribution in [0.1, 0.15) is 16.7 Å². The Bertz CT molecular complexity index is 699. The molecule has 4 heteroatoms. The van der Waals surface area contributed by atoms with Crippen LogP contribution in [0.25, 0.3) is 0 Å². The molecule has 1 heterocycles. The summed E-state index contributed by atoms with van der Waals surface area (Å²) >= 11 is 0. The maximum absolute atomic E-state index is 13.7. The maximum Gasteiger partial charge on any atom is 0.227 e. The number of fused-ring (bicyclic) bond motifs is 1. The summed E-state index contributed by atoms with van der Waals surface area (Å²) in [4.78, 5) is 14.2. The molecule has 22 heavy (non-hydrogen) atoms. The fourth-order valence-corrected chi connectivity index (χ4v) is 2.79. The lowest BCUT2D eigenvalue weighted by molar-refractivity contribution is -0.131. The Morgan fingerprint density at radius 3 is 2.82 bits per heavy atom. The molecule has 2 aromatic carbocycles. The van der Waals surface area contributed by atoms with Gasteiger partial charge < -0.3 is 9.64 Å². The second-order valence-corrected chi connectivity index (χ2v) is 5.47. The van der Waals surface area contributed by atoms with Crippen molar-refractivity contribution in [3.63, 3.8) is 0 Å². The molecule has 3 rings (SSSR count). The van der Waals surface area contributed by atoms with Gasteiger partial charge in [0.05, 0.1) is 13.5 Å². The maximum atomic E-state index is 13.7. The minimum Gasteiger partial charge on any atom is -0.497 e. The molecule has 0 saturated heterocycles. The van der Waals surface area contributed by atoms with Gasteiger partial charge in [-0.1, -0.05) is 24.3 Å². The Labute approximate surface area is 129 Å². The second kappa shape index (κ2) is 6.18. The molecule has 0 unspecified atom stereocenters. The predicted octanol–water partition coefficient (Wildman–Crippen LogP) is 2.96. The Hall–Kier alpha value is -2.36. The van der Waals surface area contributed by atoms with Crippen molar-refractivity contribution < 1.29 is 13.9 Å². The molecule has 0 fully saturated rings. The molecular formula is C18H18FNO2. The largest absolute Gasteiger partial charge is 0.497 e. The van der Waals surface area contributed by atoms with E-state index in [0.717, 1.165) is 17.7 Å². The summed E-state index contributed by atoms with van der Waals surface area (Å²) in [5.74, 6) is 0.481. The van der Waals surface area contributed by atoms with Crippen LogP contribution in [-0.4, -0.2) is 24.5 Å². The third-order valence-corrected chi connectivity index (χ3v) is 4.08. The van der Waals surface area contributed by atoms with Crippen molar-refractivity contribution in [2.75, 3.05) is 13.7 Å². The Balaban J connectivity index is 1.71. The molecule has 1 aliphatic rings. The average Bonchev–Trinajstić information content (AvgIpc) is 2.56. The zero-order chi connectivity index (χ0) is 15.5. The van der Waals surface area contributed by atoms with Gasteiger partial charge in [-0.25, -0.2) is 4.39 Å². The van der Waals surface area contributed by atoms with Crippen LogP contribution < -0.4 is 4.74 Å². The van der Waals surface area contributed by atoms with E-state index >= 15 is 0 Å². The molecule has 0 bridgehead atoms. The van der Waals surface area contributed by atoms with Crippen molar-refractivity contribution >= 4 is 5.91 Å². The summed E-state index contributed by atoms with van der Waals surface area (Å²) in [6.45, 7) is 1.24. The molecule has 1 aliphatic heterocycles. The number of ether oxygens (including phenoxy) is 1. The van der Waals surface area contributed by atoms with E-state index in [9.17, 15) is 9.18 Å². The minimum atomic E-state index is -0.321. The van der Waals surface area contributed by atoms with Gasteiger partial charge in [-0.3, -0.25) is 4.79 Å². The normalized spacial score (nSPS) is 13.6. The molecule has 3 nitrogen and oxygen atoms in total. The summed E-state index contributed by atoms with van der Waals surface area (Å²) in [6, 6.07) is 12.4. The van der Waals surface area contributed by atoms with Crippen molar-refractivity contribution in [2.24, 2.45) is 0 Å². The molecule has 0 atom stereocenters. The average molecular weight is 299 g/mol. The van der Waals surface area contributed by atoms with Gasteiger partial charge in [-0.15, -0.1) is 0 Å². The third-order valence-electron chi connectivity index (χ3n) is 4.08. The summed E-state index contributed by atoms with van der Waals surface area (Å²) in [5, 5.41) is 0. The molecule has 0 radical (unpaired) electrons. The fourth-order valence-electron chi connectivity index (χ4n) is 2.79. The number of rotatable bonds is 3. The number of carbonyl (C=O) groups excluding carboxylic acids is 1. The van der Waals surface area contributed by atoms with Crippen LogP contribution in [0.15, 0.2) is 42.5 Å². The molecule has 0 aromatic heterocycles. The van der Waals surface area contributed by atoms with Crippen molar-refractivity contribution in [2.45, 2.75) is 19.4 Å². The number of halogens is 1. The van der Waals surface area contributed by atoms with Crippen LogP contribution in [-0.2, 0) is 24.2 Å². The molecule has 0 N–H and O–H groups in total. The van der Waals surface area contributed by atoms with E-state index in [1.54, 1.807) is 30.2 Å². The first-order valence-electron chi connectivity index (χ1n) is 7.34. The second-order valence-electron chi connectivity index (χ2n) is 5.47. The van der Waals surface area contributed by atoms with Crippen LogP contribution in [0.4, 0.5) is 4.39 Å². The monoisotopic (exact) mass is 299 g/mol. The first-order valence-corrected chi connectivity index (χ1v) is 7.34. The molecule has 114 valence electrons. The number of carbonyl (C=O) groups is 1. The highest BCUT2D eigenvalue weighted by Crippen LogP contribution is 2.24. The first kappa shape index (κ1) is 14.6. The van der Waals surface area contributed by atoms with Gasteiger partial charge in [-0.05, 0) is 41.3 Å². The smallest absolute Gasteiger partial charge is 0.227 e. The first-order chi connectivity index (χ1) is 10.7. The highest BCUT2D eigenvalue weighted by atomic mass is 19.1. The minimum absolute atomic E-state index is 0.0356. The van der Waals surface area contributed by atoms with Crippen LogP contribution in [0.3, 0.4) is 0 Å². The SMILES string of the molecule is COc1ccc2c(c1)CCN(C(=O)Cc1ccccc1F)C2. The summed E-state index contributed by atoms with van der Waals surface area (Å²) in [5.41, 5.74) is 2.80. The summed E-state index contributed by atoms with van der Waals surface area (Å²) in [7, 11) is 1.65. The molecule has 1 amide bonds. The van der Waals surface area contributed by atoms with Crippen molar-refractivity contribution in [3.8, 4) is 5.75 Å². The quantitative estimate of drug-likeness (QED) is 0.872. The fraction of sp³-hybridized carbons (Fsp3) is 0.278. The van der Waals surface area contributed by atoms with E-state index < -0.39 is 0 Å². The van der Waals surface area contributed by atoms with Gasteiger partial charge in [0.2, 0.25) is 5.91 Å². The van der Waals surface area contributed by atoms with Crippen LogP contribution in [0.2, 0.25) is 0 Å². The van der Waals surface area contributed by atoms with E-state index in [2.05, 4.69) is 0 Å². The zero-order valence-electron chi connectivity index (χ0n) is 12.5. The predicted molar refractivity (Wildman–Crippen MR) is 82.2 cm³/mol. The summed E-state index contributed by atoms with van der Waals surface area (Å²) in [6.07, 6.45) is 0.910. The number of benzene rings is 2. The van der Waals surface area contributed by atoms with Gasteiger partial charge in [0.15, 0.2) is 0 Å². The lowest BCUT2D eigenvalue weighted by Gasteiger charge is -2.29. The van der Waals surface area contributed by atoms with Crippen LogP contribution >= 0.6 is 0 Å². The molecule has 0 spiro atoms. The highest BCUT2D eigenvalue weighted by molar-refractivity contribution is 5.79. The van der Waals surface area contributed by atoms with E-state index in [-0.39, 0.29) is 18.1 Å². The van der Waals surface area contributed by atoms with Gasteiger partial charge >= 0.3 is 0 Å². The van der Waals surface area contributed by atoms with E-state index in [1.165, 1.54) is 11.6 Å². The molecule has 0 saturated carbocycles. The number of hydrogen-bond donors (Lipinski definition) is 0. The number of hydrogen-bond acceptors (Lipinski definition) is 2. The van der Waals surface area contributed by atoms with Crippen LogP contribution in [0.5, 0.6) is 5.75 Å². The van der Waals surface area contributed by atoms with Gasteiger partial charge in [0, 0.05) is 13.1 Å². The van der Waals surface area contributed by atoms with E-state index in [0.29, 0.717) is 18.7 Å². The van der Waals surface area contributed by atoms with Gasteiger partial charge in [0.25, 0.3) is 0 Å². The Kier molecular flexibility index (Phi) is 4.09. The topological polar surface area (TPSA) is 29.5 Å². The van der Waals surface area contributed by atoms with Crippen molar-refractivity contribution in [1.29, 1.82) is 0 Å². The third kappa shape index (κ3) is 2.96. The standard InChI is InChI=1S/C18H18FNO2/c1-22-16-7-6-15-12-20(9-8-13(15)10-16)18(21)11-14-4-2-3-5-17(14)19/h2-7,10H,8-9,11-12H2,1H3. The Morgan fingerprint density at radius 2 is 2.05 bits per heavy atom. The van der Waals surface area contributed by atoms with E-state index in [4.69, 9.17) is 4.74 Å². The lowest BCUT2D eigenvalue weighted by Crippen LogP contribution is -2.37. The van der Waals surface area contributed by atoms with Gasteiger partial charge in [-0.2, -0.15) is 0 Å². The highest BCUT2D eigenvalue weighted by Gasteiger charge is 2.21. The van der Waals surface area contributed by atoms with Crippen molar-refractivity contribution in [3.05, 3.63) is 65.0 Å². The van der Waals surface area contributed by atoms with E-state index in [1.807, 2.05) is 18.2 Å². The number of methoxy groups -OCH3 is 1. The lowest BCUT2D eigenvalue weighted by atomic mass is 9.99. The molecular weight excluding hydrogens is 281 g/mol.